The predicted molar refractivity (Wildman–Crippen MR) is 133 cm³/mol. The minimum Gasteiger partial charge on any atom is -0.472 e. The quantitative estimate of drug-likeness (QED) is 0.314. The van der Waals surface area contributed by atoms with Gasteiger partial charge in [-0.2, -0.15) is 5.10 Å². The van der Waals surface area contributed by atoms with E-state index in [1.807, 2.05) is 44.2 Å². The summed E-state index contributed by atoms with van der Waals surface area (Å²) in [4.78, 5) is 28.8. The molecular weight excluding hydrogens is 442 g/mol. The van der Waals surface area contributed by atoms with Gasteiger partial charge in [0, 0.05) is 40.2 Å². The van der Waals surface area contributed by atoms with E-state index < -0.39 is 0 Å². The summed E-state index contributed by atoms with van der Waals surface area (Å²) in [6.07, 6.45) is 10.2. The van der Waals surface area contributed by atoms with Crippen LogP contribution in [0.15, 0.2) is 72.1 Å². The number of aromatic amines is 2. The molecule has 0 spiro atoms. The summed E-state index contributed by atoms with van der Waals surface area (Å²) < 4.78 is 5.27. The van der Waals surface area contributed by atoms with Gasteiger partial charge in [0.25, 0.3) is 0 Å². The van der Waals surface area contributed by atoms with E-state index in [0.717, 1.165) is 55.7 Å². The minimum absolute atomic E-state index is 0.0632. The molecule has 1 amide bonds. The van der Waals surface area contributed by atoms with Gasteiger partial charge in [-0.25, -0.2) is 4.98 Å². The van der Waals surface area contributed by atoms with Crippen molar-refractivity contribution in [1.29, 1.82) is 0 Å². The predicted octanol–water partition coefficient (Wildman–Crippen LogP) is 5.42. The molecule has 0 radical (unpaired) electrons. The second-order valence-electron chi connectivity index (χ2n) is 8.61. The molecule has 6 aromatic rings. The van der Waals surface area contributed by atoms with Gasteiger partial charge in [-0.15, -0.1) is 0 Å². The molecule has 9 nitrogen and oxygen atoms in total. The summed E-state index contributed by atoms with van der Waals surface area (Å²) in [6, 6.07) is 9.77. The fourth-order valence-corrected chi connectivity index (χ4v) is 4.04. The van der Waals surface area contributed by atoms with Crippen LogP contribution in [0.3, 0.4) is 0 Å². The van der Waals surface area contributed by atoms with Crippen LogP contribution in [-0.2, 0) is 4.79 Å². The van der Waals surface area contributed by atoms with Gasteiger partial charge >= 0.3 is 0 Å². The Labute approximate surface area is 199 Å². The maximum Gasteiger partial charge on any atom is 0.226 e. The van der Waals surface area contributed by atoms with E-state index in [2.05, 4.69) is 35.5 Å². The van der Waals surface area contributed by atoms with Crippen molar-refractivity contribution >= 4 is 33.5 Å². The number of hydrogen-bond donors (Lipinski definition) is 3. The lowest BCUT2D eigenvalue weighted by Gasteiger charge is -2.08. The van der Waals surface area contributed by atoms with Gasteiger partial charge in [0.15, 0.2) is 0 Å². The zero-order chi connectivity index (χ0) is 23.9. The Kier molecular flexibility index (Phi) is 4.88. The van der Waals surface area contributed by atoms with E-state index in [1.54, 1.807) is 37.3 Å². The summed E-state index contributed by atoms with van der Waals surface area (Å²) >= 11 is 0. The van der Waals surface area contributed by atoms with Crippen LogP contribution in [0.2, 0.25) is 0 Å². The molecule has 3 N–H and O–H groups in total. The van der Waals surface area contributed by atoms with Gasteiger partial charge in [-0.3, -0.25) is 19.9 Å². The summed E-state index contributed by atoms with van der Waals surface area (Å²) in [5.74, 6) is -0.187. The molecule has 0 bridgehead atoms. The summed E-state index contributed by atoms with van der Waals surface area (Å²) in [7, 11) is 0. The molecule has 6 heterocycles. The Hall–Kier alpha value is -4.79. The number of hydrogen-bond acceptors (Lipinski definition) is 6. The van der Waals surface area contributed by atoms with Gasteiger partial charge < -0.3 is 14.7 Å². The number of amides is 1. The van der Waals surface area contributed by atoms with Crippen molar-refractivity contribution in [3.05, 3.63) is 67.6 Å². The molecule has 0 aromatic carbocycles. The van der Waals surface area contributed by atoms with E-state index >= 15 is 0 Å². The number of nitrogens with one attached hydrogen (secondary N) is 3. The Balaban J connectivity index is 1.41. The van der Waals surface area contributed by atoms with E-state index in [0.29, 0.717) is 5.69 Å². The zero-order valence-corrected chi connectivity index (χ0v) is 19.0. The fraction of sp³-hybridized carbons (Fsp3) is 0.115. The van der Waals surface area contributed by atoms with E-state index in [-0.39, 0.29) is 11.8 Å². The van der Waals surface area contributed by atoms with Crippen molar-refractivity contribution in [3.8, 4) is 33.8 Å². The van der Waals surface area contributed by atoms with Crippen LogP contribution >= 0.6 is 0 Å². The van der Waals surface area contributed by atoms with Crippen molar-refractivity contribution in [2.45, 2.75) is 13.8 Å². The third-order valence-electron chi connectivity index (χ3n) is 5.89. The molecule has 0 saturated carbocycles. The molecule has 0 aliphatic rings. The van der Waals surface area contributed by atoms with Crippen LogP contribution in [0, 0.1) is 5.92 Å². The van der Waals surface area contributed by atoms with Crippen LogP contribution in [0.25, 0.3) is 55.7 Å². The third kappa shape index (κ3) is 3.72. The Morgan fingerprint density at radius 2 is 1.94 bits per heavy atom. The average Bonchev–Trinajstić information content (AvgIpc) is 3.62. The molecule has 0 fully saturated rings. The highest BCUT2D eigenvalue weighted by Crippen LogP contribution is 2.34. The van der Waals surface area contributed by atoms with Crippen LogP contribution in [-0.4, -0.2) is 36.0 Å². The van der Waals surface area contributed by atoms with Crippen molar-refractivity contribution in [3.63, 3.8) is 0 Å². The first-order valence-electron chi connectivity index (χ1n) is 11.2. The van der Waals surface area contributed by atoms with E-state index in [1.165, 1.54) is 0 Å². The lowest BCUT2D eigenvalue weighted by atomic mass is 10.1. The SMILES string of the molecule is CC(C)C(=O)Nc1cncc(-c2cc3c(-c4cc5c(-c6ccoc6)ccnc5[nH]4)n[nH]c3cn2)c1. The lowest BCUT2D eigenvalue weighted by molar-refractivity contribution is -0.118. The van der Waals surface area contributed by atoms with E-state index in [4.69, 9.17) is 4.42 Å². The largest absolute Gasteiger partial charge is 0.472 e. The Morgan fingerprint density at radius 3 is 2.77 bits per heavy atom. The maximum atomic E-state index is 12.1. The van der Waals surface area contributed by atoms with Gasteiger partial charge in [0.2, 0.25) is 5.91 Å². The molecule has 35 heavy (non-hydrogen) atoms. The number of H-pyrrole nitrogens is 2. The van der Waals surface area contributed by atoms with Gasteiger partial charge in [-0.05, 0) is 35.9 Å². The van der Waals surface area contributed by atoms with Crippen LogP contribution in [0.5, 0.6) is 0 Å². The first kappa shape index (κ1) is 20.8. The highest BCUT2D eigenvalue weighted by molar-refractivity contribution is 6.00. The monoisotopic (exact) mass is 463 g/mol. The number of carbonyl (C=O) groups excluding carboxylic acids is 1. The number of furan rings is 1. The molecule has 172 valence electrons. The number of rotatable bonds is 5. The molecule has 9 heteroatoms. The summed E-state index contributed by atoms with van der Waals surface area (Å²) in [6.45, 7) is 3.69. The van der Waals surface area contributed by atoms with Crippen LogP contribution in [0.4, 0.5) is 5.69 Å². The first-order chi connectivity index (χ1) is 17.1. The van der Waals surface area contributed by atoms with Crippen molar-refractivity contribution in [2.24, 2.45) is 5.92 Å². The number of carbonyl (C=O) groups is 1. The third-order valence-corrected chi connectivity index (χ3v) is 5.89. The van der Waals surface area contributed by atoms with E-state index in [9.17, 15) is 4.79 Å². The molecular formula is C26H21N7O2. The maximum absolute atomic E-state index is 12.1. The molecule has 0 atom stereocenters. The summed E-state index contributed by atoms with van der Waals surface area (Å²) in [5, 5.41) is 12.4. The first-order valence-corrected chi connectivity index (χ1v) is 11.2. The molecule has 0 aliphatic carbocycles. The number of nitrogens with zero attached hydrogens (tertiary/aromatic N) is 4. The van der Waals surface area contributed by atoms with Gasteiger partial charge in [-0.1, -0.05) is 13.8 Å². The average molecular weight is 464 g/mol. The molecule has 0 unspecified atom stereocenters. The molecule has 0 saturated heterocycles. The smallest absolute Gasteiger partial charge is 0.226 e. The van der Waals surface area contributed by atoms with Crippen LogP contribution < -0.4 is 5.32 Å². The number of fused-ring (bicyclic) bond motifs is 2. The molecule has 6 rings (SSSR count). The summed E-state index contributed by atoms with van der Waals surface area (Å²) in [5.41, 5.74) is 7.33. The van der Waals surface area contributed by atoms with Gasteiger partial charge in [0.05, 0.1) is 47.5 Å². The number of aromatic nitrogens is 6. The van der Waals surface area contributed by atoms with Gasteiger partial charge in [0.1, 0.15) is 11.3 Å². The Bertz CT molecular complexity index is 1680. The van der Waals surface area contributed by atoms with Crippen molar-refractivity contribution in [2.75, 3.05) is 5.32 Å². The minimum atomic E-state index is -0.124. The van der Waals surface area contributed by atoms with Crippen molar-refractivity contribution < 1.29 is 9.21 Å². The zero-order valence-electron chi connectivity index (χ0n) is 19.0. The van der Waals surface area contributed by atoms with Crippen molar-refractivity contribution in [1.82, 2.24) is 30.1 Å². The highest BCUT2D eigenvalue weighted by atomic mass is 16.3. The Morgan fingerprint density at radius 1 is 1.03 bits per heavy atom. The normalized spacial score (nSPS) is 11.5. The topological polar surface area (TPSA) is 125 Å². The second kappa shape index (κ2) is 8.21. The number of pyridine rings is 3. The molecule has 0 aliphatic heterocycles. The highest BCUT2D eigenvalue weighted by Gasteiger charge is 2.16. The standard InChI is InChI=1S/C26H21N7O2/c1-14(2)26(34)30-17-7-16(10-27-11-17)21-9-20-23(12-29-21)32-33-24(20)22-8-19-18(15-4-6-35-13-15)3-5-28-25(19)31-22/h3-14H,1-2H3,(H,28,31)(H,30,34)(H,32,33). The lowest BCUT2D eigenvalue weighted by Crippen LogP contribution is -2.17. The number of anilines is 1. The molecule has 6 aromatic heterocycles. The second-order valence-corrected chi connectivity index (χ2v) is 8.61. The fourth-order valence-electron chi connectivity index (χ4n) is 4.04. The van der Waals surface area contributed by atoms with Crippen LogP contribution in [0.1, 0.15) is 13.8 Å².